The van der Waals surface area contributed by atoms with Crippen LogP contribution in [0.5, 0.6) is 0 Å². The van der Waals surface area contributed by atoms with E-state index in [1.54, 1.807) is 0 Å². The normalized spacial score (nSPS) is 14.7. The third-order valence-electron chi connectivity index (χ3n) is 0.586. The molecule has 0 bridgehead atoms. The zero-order valence-corrected chi connectivity index (χ0v) is 5.90. The molecule has 0 fully saturated rings. The second-order valence-corrected chi connectivity index (χ2v) is 1.00. The average molecular weight is 170 g/mol. The predicted octanol–water partition coefficient (Wildman–Crippen LogP) is 0.232. The van der Waals surface area contributed by atoms with Crippen molar-refractivity contribution >= 4 is 0 Å². The molecule has 0 aromatic rings. The molecule has 1 aliphatic carbocycles. The van der Waals surface area contributed by atoms with Gasteiger partial charge in [0.25, 0.3) is 0 Å². The Hall–Kier alpha value is 0.103. The van der Waals surface area contributed by atoms with Gasteiger partial charge in [0.05, 0.1) is 0 Å². The van der Waals surface area contributed by atoms with Crippen molar-refractivity contribution in [1.29, 1.82) is 0 Å². The molecule has 0 unspecified atom stereocenters. The van der Waals surface area contributed by atoms with E-state index in [4.69, 9.17) is 0 Å². The van der Waals surface area contributed by atoms with Crippen molar-refractivity contribution in [3.63, 3.8) is 0 Å². The molecule has 0 spiro atoms. The van der Waals surface area contributed by atoms with Gasteiger partial charge in [-0.1, -0.05) is 0 Å². The SMILES string of the molecule is [C-]1=CC=CC1.[RuH4]. The van der Waals surface area contributed by atoms with Crippen LogP contribution in [0.3, 0.4) is 0 Å². The van der Waals surface area contributed by atoms with E-state index in [1.807, 2.05) is 12.2 Å². The van der Waals surface area contributed by atoms with Crippen molar-refractivity contribution in [2.75, 3.05) is 0 Å². The van der Waals surface area contributed by atoms with Gasteiger partial charge in [-0.05, 0) is 0 Å². The van der Waals surface area contributed by atoms with E-state index in [0.29, 0.717) is 0 Å². The van der Waals surface area contributed by atoms with Gasteiger partial charge in [0, 0.05) is 0 Å². The summed E-state index contributed by atoms with van der Waals surface area (Å²) in [7, 11) is 0. The Bertz CT molecular complexity index is 62.0. The topological polar surface area (TPSA) is 0 Å². The fourth-order valence-electron chi connectivity index (χ4n) is 0.340. The standard InChI is InChI=1S/C5H5.Ru.4H/c1-2-4-5-3-1;;;;;/h1-3H,4H2;;;;;/q-1;;;;;. The van der Waals surface area contributed by atoms with Gasteiger partial charge in [-0.2, -0.15) is 6.08 Å². The minimum atomic E-state index is 0. The van der Waals surface area contributed by atoms with Crippen molar-refractivity contribution in [2.24, 2.45) is 0 Å². The van der Waals surface area contributed by atoms with Crippen LogP contribution in [0.2, 0.25) is 0 Å². The molecule has 0 atom stereocenters. The van der Waals surface area contributed by atoms with E-state index in [-0.39, 0.29) is 19.5 Å². The molecule has 0 aliphatic heterocycles. The van der Waals surface area contributed by atoms with Gasteiger partial charge < -0.3 is 0 Å². The van der Waals surface area contributed by atoms with Crippen LogP contribution < -0.4 is 0 Å². The first kappa shape index (κ1) is 6.10. The van der Waals surface area contributed by atoms with Gasteiger partial charge in [-0.25, -0.2) is 12.2 Å². The van der Waals surface area contributed by atoms with Gasteiger partial charge in [0.1, 0.15) is 0 Å². The molecule has 0 aromatic heterocycles. The van der Waals surface area contributed by atoms with E-state index >= 15 is 0 Å². The maximum absolute atomic E-state index is 2.99. The van der Waals surface area contributed by atoms with Gasteiger partial charge in [-0.3, -0.25) is 6.08 Å². The Morgan fingerprint density at radius 1 is 1.50 bits per heavy atom. The fraction of sp³-hybridized carbons (Fsp3) is 0.200. The van der Waals surface area contributed by atoms with Crippen LogP contribution >= 0.6 is 0 Å². The molecular weight excluding hydrogens is 161 g/mol. The summed E-state index contributed by atoms with van der Waals surface area (Å²) >= 11 is 0. The molecule has 38 valence electrons. The maximum atomic E-state index is 2.99. The molecule has 0 nitrogen and oxygen atoms in total. The monoisotopic (exact) mass is 171 g/mol. The van der Waals surface area contributed by atoms with Crippen molar-refractivity contribution in [3.8, 4) is 0 Å². The summed E-state index contributed by atoms with van der Waals surface area (Å²) < 4.78 is 0. The molecule has 0 amide bonds. The van der Waals surface area contributed by atoms with Crippen LogP contribution in [0.4, 0.5) is 0 Å². The first-order valence-corrected chi connectivity index (χ1v) is 1.72. The molecule has 0 radical (unpaired) electrons. The van der Waals surface area contributed by atoms with Gasteiger partial charge >= 0.3 is 19.5 Å². The quantitative estimate of drug-likeness (QED) is 0.361. The summed E-state index contributed by atoms with van der Waals surface area (Å²) in [6.07, 6.45) is 10.0. The van der Waals surface area contributed by atoms with Crippen LogP contribution in [-0.4, -0.2) is 0 Å². The molecule has 0 heterocycles. The second-order valence-electron chi connectivity index (χ2n) is 1.00. The third kappa shape index (κ3) is 1.52. The van der Waals surface area contributed by atoms with Crippen molar-refractivity contribution in [2.45, 2.75) is 6.42 Å². The summed E-state index contributed by atoms with van der Waals surface area (Å²) in [4.78, 5) is 0. The minimum absolute atomic E-state index is 0. The molecule has 0 aromatic carbocycles. The van der Waals surface area contributed by atoms with Crippen LogP contribution in [0.25, 0.3) is 0 Å². The Labute approximate surface area is 50.7 Å². The van der Waals surface area contributed by atoms with Crippen LogP contribution in [0.1, 0.15) is 6.42 Å². The molecule has 0 saturated carbocycles. The van der Waals surface area contributed by atoms with Crippen LogP contribution in [0.15, 0.2) is 18.2 Å². The van der Waals surface area contributed by atoms with E-state index in [9.17, 15) is 0 Å². The molecule has 1 heteroatoms. The summed E-state index contributed by atoms with van der Waals surface area (Å²) in [5.74, 6) is 0. The molecule has 6 heavy (non-hydrogen) atoms. The molecule has 0 saturated heterocycles. The Kier molecular flexibility index (Phi) is 3.36. The van der Waals surface area contributed by atoms with E-state index in [0.717, 1.165) is 6.42 Å². The Morgan fingerprint density at radius 2 is 2.33 bits per heavy atom. The molecule has 1 rings (SSSR count). The second kappa shape index (κ2) is 3.30. The first-order valence-electron chi connectivity index (χ1n) is 1.72. The number of hydrogen-bond acceptors (Lipinski definition) is 0. The van der Waals surface area contributed by atoms with Gasteiger partial charge in [-0.15, -0.1) is 6.42 Å². The van der Waals surface area contributed by atoms with E-state index in [1.165, 1.54) is 0 Å². The molecule has 0 N–H and O–H groups in total. The van der Waals surface area contributed by atoms with E-state index in [2.05, 4.69) is 12.2 Å². The summed E-state index contributed by atoms with van der Waals surface area (Å²) in [5, 5.41) is 0. The number of rotatable bonds is 0. The Balaban J connectivity index is 0.000000250. The first-order chi connectivity index (χ1) is 2.50. The summed E-state index contributed by atoms with van der Waals surface area (Å²) in [6.45, 7) is 0. The fourth-order valence-corrected chi connectivity index (χ4v) is 0.340. The van der Waals surface area contributed by atoms with Gasteiger partial charge in [0.2, 0.25) is 0 Å². The molecule has 1 aliphatic rings. The van der Waals surface area contributed by atoms with Crippen LogP contribution in [-0.2, 0) is 19.5 Å². The summed E-state index contributed by atoms with van der Waals surface area (Å²) in [6, 6.07) is 0. The van der Waals surface area contributed by atoms with Gasteiger partial charge in [0.15, 0.2) is 0 Å². The number of allylic oxidation sites excluding steroid dienone is 4. The average Bonchev–Trinajstić information content (AvgIpc) is 1.76. The van der Waals surface area contributed by atoms with Crippen molar-refractivity contribution < 1.29 is 19.5 Å². The van der Waals surface area contributed by atoms with Crippen LogP contribution in [0, 0.1) is 6.08 Å². The van der Waals surface area contributed by atoms with Crippen molar-refractivity contribution in [3.05, 3.63) is 24.3 Å². The Morgan fingerprint density at radius 3 is 2.50 bits per heavy atom. The zero-order valence-electron chi connectivity index (χ0n) is 3.44. The predicted molar refractivity (Wildman–Crippen MR) is 27.1 cm³/mol. The number of hydrogen-bond donors (Lipinski definition) is 0. The zero-order chi connectivity index (χ0) is 3.54. The van der Waals surface area contributed by atoms with E-state index < -0.39 is 0 Å². The third-order valence-corrected chi connectivity index (χ3v) is 0.586. The van der Waals surface area contributed by atoms with Crippen molar-refractivity contribution in [1.82, 2.24) is 0 Å². The molecular formula is C5H9Ru-. The summed E-state index contributed by atoms with van der Waals surface area (Å²) in [5.41, 5.74) is 0.